The topological polar surface area (TPSA) is 70.7 Å². The van der Waals surface area contributed by atoms with E-state index in [1.807, 2.05) is 25.9 Å². The molecule has 0 aromatic heterocycles. The van der Waals surface area contributed by atoms with Crippen LogP contribution in [-0.4, -0.2) is 63.7 Å². The van der Waals surface area contributed by atoms with Crippen LogP contribution in [0.15, 0.2) is 0 Å². The van der Waals surface area contributed by atoms with Crippen LogP contribution in [0, 0.1) is 0 Å². The van der Waals surface area contributed by atoms with Gasteiger partial charge in [0.05, 0.1) is 0 Å². The van der Waals surface area contributed by atoms with E-state index in [4.69, 9.17) is 4.74 Å². The number of carbonyl (C=O) groups excluding carboxylic acids is 2. The van der Waals surface area contributed by atoms with Gasteiger partial charge in [-0.2, -0.15) is 0 Å². The third-order valence-electron chi connectivity index (χ3n) is 2.23. The Morgan fingerprint density at radius 1 is 1.06 bits per heavy atom. The van der Waals surface area contributed by atoms with E-state index in [9.17, 15) is 9.59 Å². The minimum Gasteiger partial charge on any atom is -0.382 e. The first-order valence-electron chi connectivity index (χ1n) is 6.36. The van der Waals surface area contributed by atoms with Gasteiger partial charge >= 0.3 is 11.8 Å². The van der Waals surface area contributed by atoms with Gasteiger partial charge in [0.1, 0.15) is 0 Å². The van der Waals surface area contributed by atoms with Gasteiger partial charge < -0.3 is 20.3 Å². The van der Waals surface area contributed by atoms with Crippen molar-refractivity contribution in [1.29, 1.82) is 0 Å². The van der Waals surface area contributed by atoms with E-state index in [0.29, 0.717) is 32.7 Å². The maximum absolute atomic E-state index is 11.3. The SMILES string of the molecule is CCOCCCNC(=O)C(=O)NCCCN(C)C. The standard InChI is InChI=1S/C12H25N3O3/c1-4-18-10-6-8-14-12(17)11(16)13-7-5-9-15(2)3/h4-10H2,1-3H3,(H,13,16)(H,14,17). The Hall–Kier alpha value is -1.14. The molecule has 2 amide bonds. The van der Waals surface area contributed by atoms with Crippen molar-refractivity contribution < 1.29 is 14.3 Å². The Morgan fingerprint density at radius 2 is 1.61 bits per heavy atom. The summed E-state index contributed by atoms with van der Waals surface area (Å²) in [6, 6.07) is 0. The molecule has 0 rings (SSSR count). The number of hydrogen-bond acceptors (Lipinski definition) is 4. The zero-order valence-corrected chi connectivity index (χ0v) is 11.6. The van der Waals surface area contributed by atoms with Crippen molar-refractivity contribution in [3.63, 3.8) is 0 Å². The molecule has 6 nitrogen and oxygen atoms in total. The van der Waals surface area contributed by atoms with Crippen LogP contribution in [0.5, 0.6) is 0 Å². The molecule has 0 atom stereocenters. The average molecular weight is 259 g/mol. The molecule has 6 heteroatoms. The van der Waals surface area contributed by atoms with Crippen molar-refractivity contribution in [3.05, 3.63) is 0 Å². The third kappa shape index (κ3) is 10.0. The van der Waals surface area contributed by atoms with Gasteiger partial charge in [-0.15, -0.1) is 0 Å². The van der Waals surface area contributed by atoms with E-state index in [2.05, 4.69) is 10.6 Å². The molecule has 0 saturated heterocycles. The Kier molecular flexibility index (Phi) is 10.3. The summed E-state index contributed by atoms with van der Waals surface area (Å²) in [7, 11) is 3.93. The Bertz CT molecular complexity index is 245. The molecule has 106 valence electrons. The van der Waals surface area contributed by atoms with Gasteiger partial charge in [0.15, 0.2) is 0 Å². The van der Waals surface area contributed by atoms with E-state index in [1.54, 1.807) is 0 Å². The summed E-state index contributed by atoms with van der Waals surface area (Å²) in [5.41, 5.74) is 0. The maximum Gasteiger partial charge on any atom is 0.309 e. The van der Waals surface area contributed by atoms with Crippen LogP contribution in [0.3, 0.4) is 0 Å². The third-order valence-corrected chi connectivity index (χ3v) is 2.23. The second-order valence-electron chi connectivity index (χ2n) is 4.22. The molecule has 0 aromatic carbocycles. The second kappa shape index (κ2) is 11.0. The summed E-state index contributed by atoms with van der Waals surface area (Å²) in [4.78, 5) is 24.7. The van der Waals surface area contributed by atoms with E-state index in [-0.39, 0.29) is 0 Å². The molecule has 0 radical (unpaired) electrons. The minimum atomic E-state index is -0.573. The predicted molar refractivity (Wildman–Crippen MR) is 70.3 cm³/mol. The van der Waals surface area contributed by atoms with E-state index in [1.165, 1.54) is 0 Å². The lowest BCUT2D eigenvalue weighted by Gasteiger charge is -2.10. The van der Waals surface area contributed by atoms with Gasteiger partial charge in [-0.3, -0.25) is 9.59 Å². The summed E-state index contributed by atoms with van der Waals surface area (Å²) >= 11 is 0. The second-order valence-corrected chi connectivity index (χ2v) is 4.22. The van der Waals surface area contributed by atoms with Crippen molar-refractivity contribution >= 4 is 11.8 Å². The highest BCUT2D eigenvalue weighted by Gasteiger charge is 2.11. The zero-order valence-electron chi connectivity index (χ0n) is 11.6. The van der Waals surface area contributed by atoms with Crippen LogP contribution >= 0.6 is 0 Å². The number of nitrogens with zero attached hydrogens (tertiary/aromatic N) is 1. The van der Waals surface area contributed by atoms with Crippen molar-refractivity contribution in [2.45, 2.75) is 19.8 Å². The van der Waals surface area contributed by atoms with Crippen molar-refractivity contribution in [2.75, 3.05) is 46.9 Å². The fourth-order valence-electron chi connectivity index (χ4n) is 1.28. The molecule has 0 unspecified atom stereocenters. The molecule has 0 aliphatic carbocycles. The zero-order chi connectivity index (χ0) is 13.8. The van der Waals surface area contributed by atoms with Gasteiger partial charge in [0.25, 0.3) is 0 Å². The predicted octanol–water partition coefficient (Wildman–Crippen LogP) is -0.403. The van der Waals surface area contributed by atoms with Crippen LogP contribution in [0.1, 0.15) is 19.8 Å². The largest absolute Gasteiger partial charge is 0.382 e. The lowest BCUT2D eigenvalue weighted by molar-refractivity contribution is -0.139. The molecule has 0 aromatic rings. The highest BCUT2D eigenvalue weighted by molar-refractivity contribution is 6.35. The normalized spacial score (nSPS) is 10.4. The average Bonchev–Trinajstić information content (AvgIpc) is 2.33. The smallest absolute Gasteiger partial charge is 0.309 e. The summed E-state index contributed by atoms with van der Waals surface area (Å²) in [6.07, 6.45) is 1.55. The Morgan fingerprint density at radius 3 is 2.11 bits per heavy atom. The van der Waals surface area contributed by atoms with Crippen LogP contribution < -0.4 is 10.6 Å². The molecule has 18 heavy (non-hydrogen) atoms. The van der Waals surface area contributed by atoms with E-state index < -0.39 is 11.8 Å². The first-order chi connectivity index (χ1) is 8.57. The molecule has 0 aliphatic heterocycles. The van der Waals surface area contributed by atoms with Crippen molar-refractivity contribution in [2.24, 2.45) is 0 Å². The fraction of sp³-hybridized carbons (Fsp3) is 0.833. The molecule has 0 aliphatic rings. The molecule has 2 N–H and O–H groups in total. The molecular weight excluding hydrogens is 234 g/mol. The monoisotopic (exact) mass is 259 g/mol. The van der Waals surface area contributed by atoms with Crippen molar-refractivity contribution in [3.8, 4) is 0 Å². The molecule has 0 fully saturated rings. The summed E-state index contributed by atoms with van der Waals surface area (Å²) in [5, 5.41) is 5.13. The summed E-state index contributed by atoms with van der Waals surface area (Å²) < 4.78 is 5.12. The molecule has 0 heterocycles. The Labute approximate surface area is 109 Å². The minimum absolute atomic E-state index is 0.462. The van der Waals surface area contributed by atoms with Crippen molar-refractivity contribution in [1.82, 2.24) is 15.5 Å². The Balaban J connectivity index is 3.49. The number of hydrogen-bond donors (Lipinski definition) is 2. The van der Waals surface area contributed by atoms with Crippen LogP contribution in [0.4, 0.5) is 0 Å². The van der Waals surface area contributed by atoms with Gasteiger partial charge in [0, 0.05) is 26.3 Å². The van der Waals surface area contributed by atoms with Gasteiger partial charge in [-0.25, -0.2) is 0 Å². The van der Waals surface area contributed by atoms with E-state index >= 15 is 0 Å². The first kappa shape index (κ1) is 16.9. The quantitative estimate of drug-likeness (QED) is 0.436. The van der Waals surface area contributed by atoms with Gasteiger partial charge in [-0.1, -0.05) is 0 Å². The number of rotatable bonds is 9. The lowest BCUT2D eigenvalue weighted by atomic mass is 10.4. The van der Waals surface area contributed by atoms with Crippen LogP contribution in [0.25, 0.3) is 0 Å². The fourth-order valence-corrected chi connectivity index (χ4v) is 1.28. The van der Waals surface area contributed by atoms with Crippen LogP contribution in [0.2, 0.25) is 0 Å². The van der Waals surface area contributed by atoms with Crippen LogP contribution in [-0.2, 0) is 14.3 Å². The number of nitrogens with one attached hydrogen (secondary N) is 2. The highest BCUT2D eigenvalue weighted by Crippen LogP contribution is 1.82. The summed E-state index contributed by atoms with van der Waals surface area (Å²) in [6.45, 7) is 5.05. The molecular formula is C12H25N3O3. The first-order valence-corrected chi connectivity index (χ1v) is 6.36. The summed E-state index contributed by atoms with van der Waals surface area (Å²) in [5.74, 6) is -1.14. The number of carbonyl (C=O) groups is 2. The molecule has 0 bridgehead atoms. The van der Waals surface area contributed by atoms with E-state index in [0.717, 1.165) is 13.0 Å². The number of amides is 2. The molecule has 0 spiro atoms. The van der Waals surface area contributed by atoms with Gasteiger partial charge in [-0.05, 0) is 40.4 Å². The molecule has 0 saturated carbocycles. The highest BCUT2D eigenvalue weighted by atomic mass is 16.5. The number of ether oxygens (including phenoxy) is 1. The lowest BCUT2D eigenvalue weighted by Crippen LogP contribution is -2.41. The maximum atomic E-state index is 11.3. The van der Waals surface area contributed by atoms with Gasteiger partial charge in [0.2, 0.25) is 0 Å².